The van der Waals surface area contributed by atoms with Gasteiger partial charge in [0.15, 0.2) is 11.2 Å². The molecule has 1 N–H and O–H groups in total. The molecule has 0 saturated carbocycles. The number of dihydropyridines is 1. The molecule has 5 rings (SSSR count). The van der Waals surface area contributed by atoms with E-state index >= 15 is 0 Å². The zero-order chi connectivity index (χ0) is 26.0. The summed E-state index contributed by atoms with van der Waals surface area (Å²) < 4.78 is 20.7. The number of esters is 1. The molecule has 1 unspecified atom stereocenters. The Labute approximate surface area is 220 Å². The number of carbonyl (C=O) groups excluding carboxylic acids is 1. The van der Waals surface area contributed by atoms with Crippen LogP contribution in [0.2, 0.25) is 5.02 Å². The zero-order valence-corrected chi connectivity index (χ0v) is 21.4. The highest BCUT2D eigenvalue weighted by atomic mass is 35.5. The molecule has 1 aliphatic heterocycles. The lowest BCUT2D eigenvalue weighted by Crippen LogP contribution is -2.40. The summed E-state index contributed by atoms with van der Waals surface area (Å²) in [6.07, 6.45) is 8.34. The molecular weight excluding hydrogens is 517 g/mol. The number of aliphatic imine (C=N–C) groups is 1. The number of hydrogen-bond donors (Lipinski definition) is 1. The number of halogens is 2. The third-order valence-electron chi connectivity index (χ3n) is 5.63. The van der Waals surface area contributed by atoms with E-state index in [0.717, 1.165) is 10.7 Å². The van der Waals surface area contributed by atoms with Gasteiger partial charge in [-0.3, -0.25) is 9.79 Å². The fraction of sp³-hybridized carbons (Fsp3) is 0.200. The number of thiazole rings is 1. The maximum absolute atomic E-state index is 13.7. The largest absolute Gasteiger partial charge is 0.465 e. The molecule has 0 aliphatic carbocycles. The molecule has 1 aliphatic rings. The summed E-state index contributed by atoms with van der Waals surface area (Å²) in [5.41, 5.74) is 1.00. The van der Waals surface area contributed by atoms with Crippen LogP contribution in [0.5, 0.6) is 0 Å². The van der Waals surface area contributed by atoms with Crippen LogP contribution < -0.4 is 5.32 Å². The second-order valence-electron chi connectivity index (χ2n) is 8.09. The van der Waals surface area contributed by atoms with E-state index in [0.29, 0.717) is 29.3 Å². The standard InChI is InChI=1S/C25H21ClFN7O2S/c1-3-36-23(35)25(7-4-8-28-14-25)17-13-30-24(31-16-5-6-19(27)18(26)12-16)32-21(17)34-15(2)11-20(33-34)22-29-9-10-37-22/h4-7,9-14H,3,8H2,1-2H3,(H,30,31,32). The molecular formula is C25H21ClFN7O2S. The van der Waals surface area contributed by atoms with Crippen LogP contribution in [-0.2, 0) is 14.9 Å². The Bertz CT molecular complexity index is 1510. The number of benzene rings is 1. The number of nitrogens with one attached hydrogen (secondary N) is 1. The summed E-state index contributed by atoms with van der Waals surface area (Å²) in [5.74, 6) is -0.499. The van der Waals surface area contributed by atoms with Gasteiger partial charge in [0.2, 0.25) is 5.95 Å². The summed E-state index contributed by atoms with van der Waals surface area (Å²) in [4.78, 5) is 31.2. The number of anilines is 2. The Morgan fingerprint density at radius 1 is 1.32 bits per heavy atom. The lowest BCUT2D eigenvalue weighted by atomic mass is 9.81. The van der Waals surface area contributed by atoms with E-state index in [1.54, 1.807) is 42.4 Å². The highest BCUT2D eigenvalue weighted by Gasteiger charge is 2.42. The first kappa shape index (κ1) is 24.7. The molecule has 1 atom stereocenters. The molecule has 0 bridgehead atoms. The summed E-state index contributed by atoms with van der Waals surface area (Å²) in [5, 5.41) is 10.4. The van der Waals surface area contributed by atoms with Crippen molar-refractivity contribution >= 4 is 46.8 Å². The monoisotopic (exact) mass is 537 g/mol. The first-order valence-corrected chi connectivity index (χ1v) is 12.6. The minimum absolute atomic E-state index is 0.0392. The summed E-state index contributed by atoms with van der Waals surface area (Å²) >= 11 is 7.40. The Morgan fingerprint density at radius 3 is 2.89 bits per heavy atom. The van der Waals surface area contributed by atoms with E-state index in [9.17, 15) is 9.18 Å². The van der Waals surface area contributed by atoms with E-state index in [1.165, 1.54) is 29.5 Å². The van der Waals surface area contributed by atoms with Gasteiger partial charge in [-0.25, -0.2) is 19.0 Å². The Morgan fingerprint density at radius 2 is 2.19 bits per heavy atom. The third kappa shape index (κ3) is 4.75. The van der Waals surface area contributed by atoms with Gasteiger partial charge < -0.3 is 10.1 Å². The number of aromatic nitrogens is 5. The van der Waals surface area contributed by atoms with Crippen molar-refractivity contribution in [1.82, 2.24) is 24.7 Å². The zero-order valence-electron chi connectivity index (χ0n) is 19.9. The number of nitrogens with zero attached hydrogens (tertiary/aromatic N) is 6. The van der Waals surface area contributed by atoms with Gasteiger partial charge in [0.25, 0.3) is 0 Å². The van der Waals surface area contributed by atoms with Gasteiger partial charge in [-0.1, -0.05) is 23.8 Å². The van der Waals surface area contributed by atoms with Crippen LogP contribution in [0.1, 0.15) is 18.2 Å². The second-order valence-corrected chi connectivity index (χ2v) is 9.39. The fourth-order valence-electron chi connectivity index (χ4n) is 3.91. The van der Waals surface area contributed by atoms with Gasteiger partial charge in [0, 0.05) is 40.9 Å². The SMILES string of the molecule is CCOC(=O)C1(c2cnc(Nc3ccc(F)c(Cl)c3)nc2-n2nc(-c3nccs3)cc2C)C=CCN=C1. The van der Waals surface area contributed by atoms with Crippen molar-refractivity contribution in [3.8, 4) is 16.5 Å². The number of hydrogen-bond acceptors (Lipinski definition) is 9. The lowest BCUT2D eigenvalue weighted by Gasteiger charge is -2.28. The van der Waals surface area contributed by atoms with Crippen molar-refractivity contribution in [1.29, 1.82) is 0 Å². The Hall–Kier alpha value is -3.96. The van der Waals surface area contributed by atoms with E-state index < -0.39 is 17.2 Å². The van der Waals surface area contributed by atoms with Crippen molar-refractivity contribution in [2.45, 2.75) is 19.3 Å². The smallest absolute Gasteiger partial charge is 0.326 e. The van der Waals surface area contributed by atoms with Crippen molar-refractivity contribution < 1.29 is 13.9 Å². The van der Waals surface area contributed by atoms with E-state index in [1.807, 2.05) is 18.4 Å². The first-order valence-electron chi connectivity index (χ1n) is 11.3. The molecule has 12 heteroatoms. The van der Waals surface area contributed by atoms with Crippen molar-refractivity contribution in [2.24, 2.45) is 4.99 Å². The molecule has 0 saturated heterocycles. The molecule has 9 nitrogen and oxygen atoms in total. The summed E-state index contributed by atoms with van der Waals surface area (Å²) in [6, 6.07) is 6.09. The molecule has 0 radical (unpaired) electrons. The molecule has 188 valence electrons. The average Bonchev–Trinajstić information content (AvgIpc) is 3.57. The first-order chi connectivity index (χ1) is 17.9. The molecule has 0 fully saturated rings. The van der Waals surface area contributed by atoms with Crippen molar-refractivity contribution in [3.05, 3.63) is 76.3 Å². The molecule has 3 aromatic heterocycles. The van der Waals surface area contributed by atoms with Crippen LogP contribution in [0, 0.1) is 12.7 Å². The highest BCUT2D eigenvalue weighted by Crippen LogP contribution is 2.34. The molecule has 4 heterocycles. The van der Waals surface area contributed by atoms with Crippen LogP contribution >= 0.6 is 22.9 Å². The van der Waals surface area contributed by atoms with E-state index in [4.69, 9.17) is 26.4 Å². The third-order valence-corrected chi connectivity index (χ3v) is 6.71. The van der Waals surface area contributed by atoms with Crippen LogP contribution in [0.25, 0.3) is 16.5 Å². The highest BCUT2D eigenvalue weighted by molar-refractivity contribution is 7.13. The molecule has 0 amide bonds. The van der Waals surface area contributed by atoms with Gasteiger partial charge in [-0.2, -0.15) is 10.1 Å². The predicted octanol–water partition coefficient (Wildman–Crippen LogP) is 5.07. The van der Waals surface area contributed by atoms with Crippen LogP contribution in [0.4, 0.5) is 16.0 Å². The maximum Gasteiger partial charge on any atom is 0.326 e. The normalized spacial score (nSPS) is 16.6. The van der Waals surface area contributed by atoms with Gasteiger partial charge in [0.1, 0.15) is 16.5 Å². The Kier molecular flexibility index (Phi) is 6.81. The van der Waals surface area contributed by atoms with Crippen LogP contribution in [0.15, 0.2) is 59.2 Å². The molecule has 1 aromatic carbocycles. The van der Waals surface area contributed by atoms with Gasteiger partial charge in [0.05, 0.1) is 18.2 Å². The summed E-state index contributed by atoms with van der Waals surface area (Å²) in [6.45, 7) is 4.26. The Balaban J connectivity index is 1.68. The molecule has 37 heavy (non-hydrogen) atoms. The lowest BCUT2D eigenvalue weighted by molar-refractivity contribution is -0.145. The van der Waals surface area contributed by atoms with Crippen molar-refractivity contribution in [2.75, 3.05) is 18.5 Å². The number of ether oxygens (including phenoxy) is 1. The topological polar surface area (TPSA) is 107 Å². The minimum Gasteiger partial charge on any atom is -0.465 e. The number of carbonyl (C=O) groups is 1. The quantitative estimate of drug-likeness (QED) is 0.259. The predicted molar refractivity (Wildman–Crippen MR) is 141 cm³/mol. The van der Waals surface area contributed by atoms with Gasteiger partial charge in [-0.05, 0) is 38.1 Å². The van der Waals surface area contributed by atoms with Crippen molar-refractivity contribution in [3.63, 3.8) is 0 Å². The van der Waals surface area contributed by atoms with E-state index in [2.05, 4.69) is 20.3 Å². The second kappa shape index (κ2) is 10.2. The van der Waals surface area contributed by atoms with Crippen LogP contribution in [-0.4, -0.2) is 50.1 Å². The van der Waals surface area contributed by atoms with E-state index in [-0.39, 0.29) is 17.6 Å². The maximum atomic E-state index is 13.7. The van der Waals surface area contributed by atoms with Gasteiger partial charge >= 0.3 is 5.97 Å². The van der Waals surface area contributed by atoms with Gasteiger partial charge in [-0.15, -0.1) is 11.3 Å². The minimum atomic E-state index is -1.35. The molecule has 0 spiro atoms. The fourth-order valence-corrected chi connectivity index (χ4v) is 4.69. The number of aryl methyl sites for hydroxylation is 1. The number of rotatable bonds is 7. The average molecular weight is 538 g/mol. The molecule has 4 aromatic rings. The van der Waals surface area contributed by atoms with Crippen LogP contribution in [0.3, 0.4) is 0 Å². The summed E-state index contributed by atoms with van der Waals surface area (Å²) in [7, 11) is 0.